The molecule has 0 heteroatoms. The lowest BCUT2D eigenvalue weighted by molar-refractivity contribution is 0.758. The molecular formula is C13H14. The van der Waals surface area contributed by atoms with Crippen LogP contribution in [0.1, 0.15) is 26.2 Å². The van der Waals surface area contributed by atoms with E-state index in [-0.39, 0.29) is 0 Å². The molecule has 3 aliphatic carbocycles. The van der Waals surface area contributed by atoms with Crippen LogP contribution < -0.4 is 0 Å². The molecule has 0 radical (unpaired) electrons. The number of rotatable bonds is 0. The fourth-order valence-corrected chi connectivity index (χ4v) is 2.65. The Bertz CT molecular complexity index is 375. The minimum Gasteiger partial charge on any atom is -0.0695 e. The summed E-state index contributed by atoms with van der Waals surface area (Å²) in [6.45, 7) is 2.18. The molecule has 3 aliphatic rings. The molecule has 0 amide bonds. The molecule has 0 saturated heterocycles. The van der Waals surface area contributed by atoms with Crippen LogP contribution in [0.2, 0.25) is 0 Å². The standard InChI is InChI=1S/C13H14/c1-9-5-12-7-10-3-2-4-11(10)8-13(12)6-9/h5-8,10H,2-4H2,1H3. The quantitative estimate of drug-likeness (QED) is 0.521. The average Bonchev–Trinajstić information content (AvgIpc) is 2.63. The van der Waals surface area contributed by atoms with E-state index in [2.05, 4.69) is 31.2 Å². The van der Waals surface area contributed by atoms with Gasteiger partial charge in [-0.05, 0) is 48.8 Å². The smallest absolute Gasteiger partial charge is 0.00106 e. The predicted octanol–water partition coefficient (Wildman–Crippen LogP) is 3.54. The van der Waals surface area contributed by atoms with E-state index in [1.807, 2.05) is 0 Å². The molecule has 3 rings (SSSR count). The van der Waals surface area contributed by atoms with Crippen molar-refractivity contribution in [3.8, 4) is 0 Å². The third-order valence-electron chi connectivity index (χ3n) is 3.28. The first-order valence-electron chi connectivity index (χ1n) is 5.15. The van der Waals surface area contributed by atoms with E-state index in [0.717, 1.165) is 5.92 Å². The Balaban J connectivity index is 2.07. The summed E-state index contributed by atoms with van der Waals surface area (Å²) in [6, 6.07) is 0. The zero-order valence-electron chi connectivity index (χ0n) is 8.01. The second kappa shape index (κ2) is 2.47. The minimum atomic E-state index is 0.772. The van der Waals surface area contributed by atoms with Crippen molar-refractivity contribution in [1.82, 2.24) is 0 Å². The van der Waals surface area contributed by atoms with Crippen LogP contribution in [0.3, 0.4) is 0 Å². The van der Waals surface area contributed by atoms with Gasteiger partial charge in [0.25, 0.3) is 0 Å². The summed E-state index contributed by atoms with van der Waals surface area (Å²) in [6.07, 6.45) is 13.6. The van der Waals surface area contributed by atoms with Gasteiger partial charge >= 0.3 is 0 Å². The van der Waals surface area contributed by atoms with Crippen LogP contribution in [0.15, 0.2) is 46.6 Å². The summed E-state index contributed by atoms with van der Waals surface area (Å²) in [5.74, 6) is 0.772. The predicted molar refractivity (Wildman–Crippen MR) is 55.3 cm³/mol. The van der Waals surface area contributed by atoms with E-state index < -0.39 is 0 Å². The summed E-state index contributed by atoms with van der Waals surface area (Å²) < 4.78 is 0. The maximum absolute atomic E-state index is 2.46. The maximum atomic E-state index is 2.46. The first kappa shape index (κ1) is 7.37. The average molecular weight is 170 g/mol. The fraction of sp³-hybridized carbons (Fsp3) is 0.385. The van der Waals surface area contributed by atoms with Gasteiger partial charge in [-0.1, -0.05) is 29.9 Å². The highest BCUT2D eigenvalue weighted by atomic mass is 14.3. The monoisotopic (exact) mass is 170 g/mol. The molecule has 0 spiro atoms. The first-order valence-corrected chi connectivity index (χ1v) is 5.15. The largest absolute Gasteiger partial charge is 0.0695 e. The Hall–Kier alpha value is -1.04. The van der Waals surface area contributed by atoms with Gasteiger partial charge < -0.3 is 0 Å². The van der Waals surface area contributed by atoms with Gasteiger partial charge in [0.1, 0.15) is 0 Å². The lowest BCUT2D eigenvalue weighted by Crippen LogP contribution is -2.00. The summed E-state index contributed by atoms with van der Waals surface area (Å²) in [5.41, 5.74) is 5.98. The van der Waals surface area contributed by atoms with Gasteiger partial charge in [0.2, 0.25) is 0 Å². The normalized spacial score (nSPS) is 30.1. The van der Waals surface area contributed by atoms with Crippen LogP contribution in [-0.2, 0) is 0 Å². The van der Waals surface area contributed by atoms with Crippen molar-refractivity contribution in [1.29, 1.82) is 0 Å². The molecule has 0 aromatic heterocycles. The molecule has 0 N–H and O–H groups in total. The maximum Gasteiger partial charge on any atom is -0.00106 e. The zero-order chi connectivity index (χ0) is 8.84. The summed E-state index contributed by atoms with van der Waals surface area (Å²) in [7, 11) is 0. The molecule has 0 aliphatic heterocycles. The van der Waals surface area contributed by atoms with Crippen LogP contribution in [0.25, 0.3) is 0 Å². The molecule has 66 valence electrons. The van der Waals surface area contributed by atoms with Gasteiger partial charge in [-0.25, -0.2) is 0 Å². The molecule has 1 atom stereocenters. The van der Waals surface area contributed by atoms with Crippen molar-refractivity contribution >= 4 is 0 Å². The molecule has 1 unspecified atom stereocenters. The van der Waals surface area contributed by atoms with Crippen molar-refractivity contribution in [2.24, 2.45) is 5.92 Å². The van der Waals surface area contributed by atoms with E-state index >= 15 is 0 Å². The number of hydrogen-bond acceptors (Lipinski definition) is 0. The van der Waals surface area contributed by atoms with Gasteiger partial charge in [-0.15, -0.1) is 0 Å². The molecule has 0 aromatic rings. The Morgan fingerprint density at radius 1 is 1.15 bits per heavy atom. The molecule has 0 bridgehead atoms. The summed E-state index contributed by atoms with van der Waals surface area (Å²) in [5, 5.41) is 0. The molecule has 13 heavy (non-hydrogen) atoms. The molecule has 1 fully saturated rings. The highest BCUT2D eigenvalue weighted by Crippen LogP contribution is 2.41. The van der Waals surface area contributed by atoms with Gasteiger partial charge in [0.15, 0.2) is 0 Å². The van der Waals surface area contributed by atoms with Crippen molar-refractivity contribution < 1.29 is 0 Å². The number of fused-ring (bicyclic) bond motifs is 2. The molecule has 1 saturated carbocycles. The second-order valence-corrected chi connectivity index (χ2v) is 4.33. The highest BCUT2D eigenvalue weighted by molar-refractivity contribution is 5.60. The SMILES string of the molecule is CC1=CC2=CC3CCCC3=CC2=C1. The Morgan fingerprint density at radius 3 is 3.00 bits per heavy atom. The first-order chi connectivity index (χ1) is 6.33. The van der Waals surface area contributed by atoms with Crippen LogP contribution >= 0.6 is 0 Å². The summed E-state index contributed by atoms with van der Waals surface area (Å²) in [4.78, 5) is 0. The van der Waals surface area contributed by atoms with Crippen LogP contribution in [0, 0.1) is 5.92 Å². The number of hydrogen-bond donors (Lipinski definition) is 0. The van der Waals surface area contributed by atoms with Crippen molar-refractivity contribution in [3.05, 3.63) is 46.6 Å². The van der Waals surface area contributed by atoms with Crippen LogP contribution in [-0.4, -0.2) is 0 Å². The van der Waals surface area contributed by atoms with Crippen molar-refractivity contribution in [2.45, 2.75) is 26.2 Å². The Kier molecular flexibility index (Phi) is 1.40. The van der Waals surface area contributed by atoms with Crippen molar-refractivity contribution in [3.63, 3.8) is 0 Å². The number of allylic oxidation sites excluding steroid dienone is 8. The molecule has 0 heterocycles. The third-order valence-corrected chi connectivity index (χ3v) is 3.28. The molecular weight excluding hydrogens is 156 g/mol. The van der Waals surface area contributed by atoms with E-state index in [0.29, 0.717) is 0 Å². The minimum absolute atomic E-state index is 0.772. The Morgan fingerprint density at radius 2 is 2.08 bits per heavy atom. The highest BCUT2D eigenvalue weighted by Gasteiger charge is 2.24. The molecule has 0 nitrogen and oxygen atoms in total. The summed E-state index contributed by atoms with van der Waals surface area (Å²) >= 11 is 0. The fourth-order valence-electron chi connectivity index (χ4n) is 2.65. The topological polar surface area (TPSA) is 0 Å². The van der Waals surface area contributed by atoms with Gasteiger partial charge in [-0.2, -0.15) is 0 Å². The van der Waals surface area contributed by atoms with Crippen LogP contribution in [0.4, 0.5) is 0 Å². The van der Waals surface area contributed by atoms with Gasteiger partial charge in [0, 0.05) is 0 Å². The van der Waals surface area contributed by atoms with E-state index in [1.165, 1.54) is 36.0 Å². The lowest BCUT2D eigenvalue weighted by atomic mass is 9.90. The second-order valence-electron chi connectivity index (χ2n) is 4.33. The molecule has 0 aromatic carbocycles. The van der Waals surface area contributed by atoms with Crippen molar-refractivity contribution in [2.75, 3.05) is 0 Å². The van der Waals surface area contributed by atoms with Gasteiger partial charge in [0.05, 0.1) is 0 Å². The van der Waals surface area contributed by atoms with Gasteiger partial charge in [-0.3, -0.25) is 0 Å². The van der Waals surface area contributed by atoms with E-state index in [4.69, 9.17) is 0 Å². The Labute approximate surface area is 79.3 Å². The van der Waals surface area contributed by atoms with E-state index in [1.54, 1.807) is 5.57 Å². The lowest BCUT2D eigenvalue weighted by Gasteiger charge is -2.15. The third kappa shape index (κ3) is 1.05. The van der Waals surface area contributed by atoms with E-state index in [9.17, 15) is 0 Å². The van der Waals surface area contributed by atoms with Crippen LogP contribution in [0.5, 0.6) is 0 Å². The zero-order valence-corrected chi connectivity index (χ0v) is 8.01.